The molecule has 8 atom stereocenters. The number of fused-ring (bicyclic) bond motifs is 1. The second-order valence-corrected chi connectivity index (χ2v) is 19.0. The average molecular weight is 790 g/mol. The fraction of sp³-hybridized carbons (Fsp3) is 0.587. The van der Waals surface area contributed by atoms with Gasteiger partial charge in [0, 0.05) is 30.5 Å². The molecule has 308 valence electrons. The third-order valence-corrected chi connectivity index (χ3v) is 14.5. The maximum atomic E-state index is 15.0. The van der Waals surface area contributed by atoms with Gasteiger partial charge in [-0.05, 0) is 96.2 Å². The summed E-state index contributed by atoms with van der Waals surface area (Å²) in [6.07, 6.45) is 11.5. The predicted octanol–water partition coefficient (Wildman–Crippen LogP) is 6.04. The second-order valence-electron chi connectivity index (χ2n) is 19.0. The van der Waals surface area contributed by atoms with Crippen LogP contribution in [0, 0.1) is 29.1 Å². The Labute approximate surface area is 343 Å². The normalized spacial score (nSPS) is 28.7. The number of rotatable bonds is 12. The molecule has 2 bridgehead atoms. The minimum atomic E-state index is -0.880. The summed E-state index contributed by atoms with van der Waals surface area (Å²) < 4.78 is 13.5. The number of pyridine rings is 1. The van der Waals surface area contributed by atoms with Gasteiger partial charge in [-0.2, -0.15) is 0 Å². The van der Waals surface area contributed by atoms with Crippen LogP contribution in [0.4, 0.5) is 0 Å². The number of benzene rings is 2. The first-order valence-corrected chi connectivity index (χ1v) is 21.7. The first-order valence-electron chi connectivity index (χ1n) is 21.7. The van der Waals surface area contributed by atoms with Gasteiger partial charge in [0.2, 0.25) is 17.7 Å². The van der Waals surface area contributed by atoms with Gasteiger partial charge in [-0.3, -0.25) is 24.2 Å². The summed E-state index contributed by atoms with van der Waals surface area (Å²) in [5.41, 5.74) is 0.993. The lowest BCUT2D eigenvalue weighted by molar-refractivity contribution is -0.199. The molecule has 4 amide bonds. The van der Waals surface area contributed by atoms with Crippen LogP contribution in [0.1, 0.15) is 108 Å². The molecule has 4 saturated carbocycles. The summed E-state index contributed by atoms with van der Waals surface area (Å²) in [4.78, 5) is 62.7. The molecular weight excluding hydrogens is 729 g/mol. The number of amides is 4. The van der Waals surface area contributed by atoms with Gasteiger partial charge in [-0.15, -0.1) is 0 Å². The first kappa shape index (κ1) is 40.5. The summed E-state index contributed by atoms with van der Waals surface area (Å²) in [5, 5.41) is 11.5. The van der Waals surface area contributed by atoms with Gasteiger partial charge < -0.3 is 30.2 Å². The molecule has 2 aromatic carbocycles. The van der Waals surface area contributed by atoms with Crippen LogP contribution in [0.15, 0.2) is 67.0 Å². The van der Waals surface area contributed by atoms with Gasteiger partial charge in [0.25, 0.3) is 5.91 Å². The summed E-state index contributed by atoms with van der Waals surface area (Å²) in [5.74, 6) is -0.401. The molecule has 6 fully saturated rings. The fourth-order valence-electron chi connectivity index (χ4n) is 11.0. The molecule has 3 heterocycles. The topological polar surface area (TPSA) is 139 Å². The van der Waals surface area contributed by atoms with E-state index < -0.39 is 36.8 Å². The Morgan fingerprint density at radius 1 is 0.931 bits per heavy atom. The van der Waals surface area contributed by atoms with Crippen molar-refractivity contribution in [3.63, 3.8) is 0 Å². The van der Waals surface area contributed by atoms with E-state index in [1.54, 1.807) is 29.4 Å². The lowest BCUT2D eigenvalue weighted by atomic mass is 9.43. The van der Waals surface area contributed by atoms with Crippen LogP contribution >= 0.6 is 0 Å². The van der Waals surface area contributed by atoms with Crippen molar-refractivity contribution in [1.29, 1.82) is 0 Å². The van der Waals surface area contributed by atoms with E-state index in [4.69, 9.17) is 9.31 Å². The van der Waals surface area contributed by atoms with Crippen LogP contribution in [0.3, 0.4) is 0 Å². The van der Waals surface area contributed by atoms with Crippen LogP contribution in [0.2, 0.25) is 0 Å². The first-order chi connectivity index (χ1) is 27.8. The molecule has 1 aromatic heterocycles. The Kier molecular flexibility index (Phi) is 11.5. The Bertz CT molecular complexity index is 2010. The molecule has 12 heteroatoms. The van der Waals surface area contributed by atoms with Crippen molar-refractivity contribution in [2.24, 2.45) is 29.1 Å². The third kappa shape index (κ3) is 8.03. The number of nitrogens with one attached hydrogen (secondary N) is 3. The number of nitrogens with zero attached hydrogens (tertiary/aromatic N) is 2. The number of likely N-dealkylation sites (tertiary alicyclic amines) is 1. The van der Waals surface area contributed by atoms with Crippen molar-refractivity contribution in [1.82, 2.24) is 25.8 Å². The molecule has 3 N–H and O–H groups in total. The molecule has 9 rings (SSSR count). The Morgan fingerprint density at radius 2 is 1.71 bits per heavy atom. The molecule has 3 aromatic rings. The van der Waals surface area contributed by atoms with Crippen molar-refractivity contribution in [2.75, 3.05) is 6.54 Å². The van der Waals surface area contributed by atoms with E-state index in [9.17, 15) is 19.2 Å². The van der Waals surface area contributed by atoms with Crippen LogP contribution in [0.5, 0.6) is 0 Å². The maximum Gasteiger partial charge on any atom is 0.481 e. The lowest BCUT2D eigenvalue weighted by Gasteiger charge is -2.64. The molecule has 2 saturated heterocycles. The highest BCUT2D eigenvalue weighted by Gasteiger charge is 2.68. The molecule has 11 nitrogen and oxygen atoms in total. The second kappa shape index (κ2) is 16.4. The van der Waals surface area contributed by atoms with E-state index in [1.807, 2.05) is 56.3 Å². The van der Waals surface area contributed by atoms with Crippen LogP contribution in [-0.2, 0) is 30.1 Å². The summed E-state index contributed by atoms with van der Waals surface area (Å²) in [6, 6.07) is 14.9. The van der Waals surface area contributed by atoms with Gasteiger partial charge in [-0.1, -0.05) is 96.2 Å². The molecular formula is C46H60BN5O6. The number of carbonyl (C=O) groups excluding carboxylic acids is 4. The monoisotopic (exact) mass is 789 g/mol. The predicted molar refractivity (Wildman–Crippen MR) is 223 cm³/mol. The van der Waals surface area contributed by atoms with E-state index in [2.05, 4.69) is 41.7 Å². The van der Waals surface area contributed by atoms with Gasteiger partial charge in [0.15, 0.2) is 0 Å². The number of aromatic nitrogens is 1. The Hall–Kier alpha value is -4.29. The quantitative estimate of drug-likeness (QED) is 0.190. The summed E-state index contributed by atoms with van der Waals surface area (Å²) in [7, 11) is -0.630. The van der Waals surface area contributed by atoms with Crippen molar-refractivity contribution in [3.05, 3.63) is 78.1 Å². The van der Waals surface area contributed by atoms with Crippen molar-refractivity contribution in [3.8, 4) is 0 Å². The molecule has 0 radical (unpaired) electrons. The van der Waals surface area contributed by atoms with E-state index >= 15 is 0 Å². The largest absolute Gasteiger partial charge is 0.481 e. The Balaban J connectivity index is 1.04. The zero-order valence-corrected chi connectivity index (χ0v) is 34.7. The highest BCUT2D eigenvalue weighted by Crippen LogP contribution is 2.65. The van der Waals surface area contributed by atoms with Crippen LogP contribution < -0.4 is 16.0 Å². The third-order valence-electron chi connectivity index (χ3n) is 14.5. The Morgan fingerprint density at radius 3 is 2.43 bits per heavy atom. The minimum absolute atomic E-state index is 0.0264. The van der Waals surface area contributed by atoms with E-state index in [-0.39, 0.29) is 66.4 Å². The van der Waals surface area contributed by atoms with Crippen molar-refractivity contribution in [2.45, 2.75) is 135 Å². The van der Waals surface area contributed by atoms with Crippen LogP contribution in [0.25, 0.3) is 10.8 Å². The highest BCUT2D eigenvalue weighted by atomic mass is 16.7. The zero-order chi connectivity index (χ0) is 40.8. The van der Waals surface area contributed by atoms with Gasteiger partial charge in [0.05, 0.1) is 24.1 Å². The molecule has 2 aliphatic heterocycles. The zero-order valence-electron chi connectivity index (χ0n) is 34.7. The molecule has 58 heavy (non-hydrogen) atoms. The molecule has 6 aliphatic rings. The highest BCUT2D eigenvalue weighted by molar-refractivity contribution is 6.48. The summed E-state index contributed by atoms with van der Waals surface area (Å²) >= 11 is 0. The lowest BCUT2D eigenvalue weighted by Crippen LogP contribution is -2.65. The van der Waals surface area contributed by atoms with Crippen molar-refractivity contribution < 1.29 is 28.5 Å². The van der Waals surface area contributed by atoms with E-state index in [0.717, 1.165) is 61.3 Å². The molecule has 0 spiro atoms. The average Bonchev–Trinajstić information content (AvgIpc) is 3.80. The smallest absolute Gasteiger partial charge is 0.404 e. The minimum Gasteiger partial charge on any atom is -0.404 e. The van der Waals surface area contributed by atoms with Gasteiger partial charge >= 0.3 is 7.12 Å². The maximum absolute atomic E-state index is 15.0. The fourth-order valence-corrected chi connectivity index (χ4v) is 11.0. The van der Waals surface area contributed by atoms with Gasteiger partial charge in [0.1, 0.15) is 12.1 Å². The molecule has 4 aliphatic carbocycles. The molecule has 0 unspecified atom stereocenters. The van der Waals surface area contributed by atoms with Crippen molar-refractivity contribution >= 4 is 41.5 Å². The number of carbonyl (C=O) groups is 4. The summed E-state index contributed by atoms with van der Waals surface area (Å²) in [6.45, 7) is 11.1. The standard InChI is InChI=1S/C46H60BN5O6/c1-28(2)41(47-57-39-24-34-23-38(45(34,3)4)46(39,5)58-47)51-43(55)37-25-35(49-40(53)21-30-14-11-19-48-26-30)27-52(37)44(56)36(20-29-12-7-6-8-13-29)50-42(54)33-18-17-31-15-9-10-16-32(31)22-33/h9-11,14-19,22,26,28-29,34-39,41H,6-8,12-13,20-21,23-25,27H2,1-5H3,(H,49,53)(H,50,54)(H,51,55)/t34-,35+,36+,37-,38-,39+,41-,46-/m0/s1. The van der Waals surface area contributed by atoms with E-state index in [1.165, 1.54) is 0 Å². The SMILES string of the molecule is CC(C)[C@H](NC(=O)[C@@H]1C[C@@H](NC(=O)Cc2cccnc2)CN1C(=O)[C@@H](CC1CCCCC1)NC(=O)c1ccc2ccccc2c1)B1O[C@@H]2C[C@@H]3C[C@@H](C3(C)C)[C@]2(C)O1. The van der Waals surface area contributed by atoms with Crippen LogP contribution in [-0.4, -0.2) is 82.9 Å². The van der Waals surface area contributed by atoms with Gasteiger partial charge in [-0.25, -0.2) is 0 Å². The number of hydrogen-bond donors (Lipinski definition) is 3. The number of hydrogen-bond acceptors (Lipinski definition) is 7. The van der Waals surface area contributed by atoms with E-state index in [0.29, 0.717) is 23.8 Å².